The van der Waals surface area contributed by atoms with Crippen molar-refractivity contribution in [3.8, 4) is 11.5 Å². The second-order valence-electron chi connectivity index (χ2n) is 5.78. The van der Waals surface area contributed by atoms with Gasteiger partial charge in [-0.25, -0.2) is 9.37 Å². The molecule has 0 fully saturated rings. The molecule has 7 heteroatoms. The third kappa shape index (κ3) is 3.52. The minimum atomic E-state index is -0.290. The lowest BCUT2D eigenvalue weighted by Crippen LogP contribution is -2.22. The van der Waals surface area contributed by atoms with E-state index in [2.05, 4.69) is 27.0 Å². The van der Waals surface area contributed by atoms with E-state index in [4.69, 9.17) is 4.42 Å². The molecule has 0 bridgehead atoms. The van der Waals surface area contributed by atoms with Crippen LogP contribution in [0.2, 0.25) is 0 Å². The van der Waals surface area contributed by atoms with Crippen molar-refractivity contribution in [1.82, 2.24) is 20.1 Å². The lowest BCUT2D eigenvalue weighted by atomic mass is 10.2. The Hall–Kier alpha value is -2.12. The van der Waals surface area contributed by atoms with Crippen LogP contribution in [-0.2, 0) is 6.54 Å². The van der Waals surface area contributed by atoms with Gasteiger partial charge < -0.3 is 4.42 Å². The molecule has 0 saturated carbocycles. The standard InChI is InChI=1S/C17H19FN4OS/c1-10-16(24-12(3)19-10)11(2)22(4)9-15-20-21-17(23-15)13-5-7-14(18)8-6-13/h5-8,11H,9H2,1-4H3/t11-/m0/s1. The van der Waals surface area contributed by atoms with E-state index in [1.807, 2.05) is 20.9 Å². The van der Waals surface area contributed by atoms with Gasteiger partial charge in [-0.15, -0.1) is 21.5 Å². The second-order valence-corrected chi connectivity index (χ2v) is 7.02. The van der Waals surface area contributed by atoms with E-state index in [1.165, 1.54) is 17.0 Å². The molecule has 0 unspecified atom stereocenters. The molecule has 126 valence electrons. The van der Waals surface area contributed by atoms with Crippen molar-refractivity contribution in [1.29, 1.82) is 0 Å². The first kappa shape index (κ1) is 16.7. The smallest absolute Gasteiger partial charge is 0.247 e. The molecule has 0 spiro atoms. The maximum atomic E-state index is 13.0. The number of aromatic nitrogens is 3. The summed E-state index contributed by atoms with van der Waals surface area (Å²) in [7, 11) is 2.01. The average molecular weight is 346 g/mol. The molecule has 0 aliphatic carbocycles. The van der Waals surface area contributed by atoms with Crippen LogP contribution >= 0.6 is 11.3 Å². The summed E-state index contributed by atoms with van der Waals surface area (Å²) in [6.07, 6.45) is 0. The Balaban J connectivity index is 1.72. The van der Waals surface area contributed by atoms with Crippen LogP contribution in [-0.4, -0.2) is 27.1 Å². The monoisotopic (exact) mass is 346 g/mol. The Morgan fingerprint density at radius 2 is 1.92 bits per heavy atom. The van der Waals surface area contributed by atoms with Crippen LogP contribution in [0.3, 0.4) is 0 Å². The molecule has 0 radical (unpaired) electrons. The Morgan fingerprint density at radius 3 is 2.54 bits per heavy atom. The molecule has 1 aromatic carbocycles. The molecule has 1 atom stereocenters. The van der Waals surface area contributed by atoms with E-state index in [0.717, 1.165) is 10.7 Å². The SMILES string of the molecule is Cc1nc(C)c([C@H](C)N(C)Cc2nnc(-c3ccc(F)cc3)o2)s1. The van der Waals surface area contributed by atoms with E-state index in [1.54, 1.807) is 23.5 Å². The van der Waals surface area contributed by atoms with Crippen LogP contribution in [0.4, 0.5) is 4.39 Å². The van der Waals surface area contributed by atoms with E-state index < -0.39 is 0 Å². The van der Waals surface area contributed by atoms with Crippen molar-refractivity contribution >= 4 is 11.3 Å². The molecule has 3 aromatic rings. The minimum Gasteiger partial charge on any atom is -0.419 e. The van der Waals surface area contributed by atoms with Gasteiger partial charge in [-0.3, -0.25) is 4.90 Å². The predicted octanol–water partition coefficient (Wildman–Crippen LogP) is 4.14. The molecular weight excluding hydrogens is 327 g/mol. The van der Waals surface area contributed by atoms with Gasteiger partial charge in [-0.2, -0.15) is 0 Å². The summed E-state index contributed by atoms with van der Waals surface area (Å²) in [6, 6.07) is 6.22. The van der Waals surface area contributed by atoms with Gasteiger partial charge in [0.05, 0.1) is 17.2 Å². The van der Waals surface area contributed by atoms with Gasteiger partial charge in [-0.05, 0) is 52.1 Å². The number of thiazole rings is 1. The van der Waals surface area contributed by atoms with Crippen LogP contribution < -0.4 is 0 Å². The minimum absolute atomic E-state index is 0.206. The van der Waals surface area contributed by atoms with Crippen molar-refractivity contribution in [2.24, 2.45) is 0 Å². The average Bonchev–Trinajstić information content (AvgIpc) is 3.13. The largest absolute Gasteiger partial charge is 0.419 e. The highest BCUT2D eigenvalue weighted by atomic mass is 32.1. The molecule has 5 nitrogen and oxygen atoms in total. The molecule has 0 aliphatic heterocycles. The Kier molecular flexibility index (Phi) is 4.73. The van der Waals surface area contributed by atoms with E-state index in [0.29, 0.717) is 23.9 Å². The summed E-state index contributed by atoms with van der Waals surface area (Å²) >= 11 is 1.71. The predicted molar refractivity (Wildman–Crippen MR) is 91.2 cm³/mol. The molecule has 2 aromatic heterocycles. The molecule has 2 heterocycles. The Bertz CT molecular complexity index is 827. The van der Waals surface area contributed by atoms with Gasteiger partial charge in [-0.1, -0.05) is 0 Å². The highest BCUT2D eigenvalue weighted by Gasteiger charge is 2.19. The van der Waals surface area contributed by atoms with Crippen molar-refractivity contribution in [2.75, 3.05) is 7.05 Å². The van der Waals surface area contributed by atoms with Crippen molar-refractivity contribution < 1.29 is 8.81 Å². The van der Waals surface area contributed by atoms with Gasteiger partial charge in [0, 0.05) is 16.5 Å². The van der Waals surface area contributed by atoms with Crippen LogP contribution in [0.15, 0.2) is 28.7 Å². The quantitative estimate of drug-likeness (QED) is 0.695. The summed E-state index contributed by atoms with van der Waals surface area (Å²) in [5.41, 5.74) is 1.77. The molecule has 0 saturated heterocycles. The number of hydrogen-bond donors (Lipinski definition) is 0. The number of halogens is 1. The molecular formula is C17H19FN4OS. The summed E-state index contributed by atoms with van der Waals surface area (Å²) in [5.74, 6) is 0.640. The highest BCUT2D eigenvalue weighted by Crippen LogP contribution is 2.29. The summed E-state index contributed by atoms with van der Waals surface area (Å²) < 4.78 is 18.7. The maximum absolute atomic E-state index is 13.0. The first-order valence-electron chi connectivity index (χ1n) is 7.66. The Morgan fingerprint density at radius 1 is 1.21 bits per heavy atom. The van der Waals surface area contributed by atoms with Gasteiger partial charge >= 0.3 is 0 Å². The zero-order valence-corrected chi connectivity index (χ0v) is 14.9. The highest BCUT2D eigenvalue weighted by molar-refractivity contribution is 7.11. The normalized spacial score (nSPS) is 12.8. The fourth-order valence-corrected chi connectivity index (χ4v) is 3.56. The van der Waals surface area contributed by atoms with Gasteiger partial charge in [0.25, 0.3) is 0 Å². The maximum Gasteiger partial charge on any atom is 0.247 e. The van der Waals surface area contributed by atoms with Crippen molar-refractivity contribution in [3.05, 3.63) is 51.6 Å². The fraction of sp³-hybridized carbons (Fsp3) is 0.353. The third-order valence-electron chi connectivity index (χ3n) is 3.92. The lowest BCUT2D eigenvalue weighted by molar-refractivity contribution is 0.230. The first-order valence-corrected chi connectivity index (χ1v) is 8.48. The van der Waals surface area contributed by atoms with Crippen LogP contribution in [0, 0.1) is 19.7 Å². The molecule has 0 aliphatic rings. The lowest BCUT2D eigenvalue weighted by Gasteiger charge is -2.22. The van der Waals surface area contributed by atoms with Gasteiger partial charge in [0.1, 0.15) is 5.82 Å². The number of rotatable bonds is 5. The first-order chi connectivity index (χ1) is 11.4. The third-order valence-corrected chi connectivity index (χ3v) is 5.17. The van der Waals surface area contributed by atoms with Crippen molar-refractivity contribution in [2.45, 2.75) is 33.4 Å². The number of hydrogen-bond acceptors (Lipinski definition) is 6. The topological polar surface area (TPSA) is 55.1 Å². The van der Waals surface area contributed by atoms with Crippen LogP contribution in [0.25, 0.3) is 11.5 Å². The number of nitrogens with zero attached hydrogens (tertiary/aromatic N) is 4. The summed E-state index contributed by atoms with van der Waals surface area (Å²) in [6.45, 7) is 6.71. The number of aryl methyl sites for hydroxylation is 2. The molecule has 0 amide bonds. The summed E-state index contributed by atoms with van der Waals surface area (Å²) in [4.78, 5) is 7.87. The molecule has 24 heavy (non-hydrogen) atoms. The second kappa shape index (κ2) is 6.78. The summed E-state index contributed by atoms with van der Waals surface area (Å²) in [5, 5.41) is 9.21. The zero-order valence-electron chi connectivity index (χ0n) is 14.1. The van der Waals surface area contributed by atoms with Crippen LogP contribution in [0.5, 0.6) is 0 Å². The zero-order chi connectivity index (χ0) is 17.3. The molecule has 0 N–H and O–H groups in total. The van der Waals surface area contributed by atoms with Crippen molar-refractivity contribution in [3.63, 3.8) is 0 Å². The van der Waals surface area contributed by atoms with E-state index in [-0.39, 0.29) is 11.9 Å². The van der Waals surface area contributed by atoms with Gasteiger partial charge in [0.15, 0.2) is 0 Å². The number of benzene rings is 1. The fourth-order valence-electron chi connectivity index (χ4n) is 2.51. The molecule has 3 rings (SSSR count). The van der Waals surface area contributed by atoms with E-state index >= 15 is 0 Å². The van der Waals surface area contributed by atoms with Crippen LogP contribution in [0.1, 0.15) is 34.4 Å². The van der Waals surface area contributed by atoms with E-state index in [9.17, 15) is 4.39 Å². The van der Waals surface area contributed by atoms with Gasteiger partial charge in [0.2, 0.25) is 11.8 Å². The Labute approximate surface area is 144 Å².